The highest BCUT2D eigenvalue weighted by Crippen LogP contribution is 2.60. The van der Waals surface area contributed by atoms with Crippen molar-refractivity contribution in [3.8, 4) is 0 Å². The third-order valence-corrected chi connectivity index (χ3v) is 7.41. The maximum absolute atomic E-state index is 13.2. The molecular weight excluding hydrogens is 463 g/mol. The number of esters is 1. The van der Waals surface area contributed by atoms with E-state index in [4.69, 9.17) is 4.74 Å². The smallest absolute Gasteiger partial charge is 0.460 e. The van der Waals surface area contributed by atoms with Gasteiger partial charge in [-0.25, -0.2) is 8.42 Å². The first-order valence-electron chi connectivity index (χ1n) is 9.49. The van der Waals surface area contributed by atoms with Crippen molar-refractivity contribution in [1.29, 1.82) is 0 Å². The van der Waals surface area contributed by atoms with E-state index in [0.29, 0.717) is 37.0 Å². The van der Waals surface area contributed by atoms with Gasteiger partial charge in [0.15, 0.2) is 0 Å². The Bertz CT molecular complexity index is 833. The fraction of sp³-hybridized carbons (Fsp3) is 0.882. The summed E-state index contributed by atoms with van der Waals surface area (Å²) in [5.74, 6) is -17.6. The average Bonchev–Trinajstić information content (AvgIpc) is 2.58. The molecule has 4 saturated carbocycles. The molecule has 4 rings (SSSR count). The molecular formula is C17H19F7NO5S-. The van der Waals surface area contributed by atoms with Crippen molar-refractivity contribution in [1.82, 2.24) is 0 Å². The second kappa shape index (κ2) is 7.48. The van der Waals surface area contributed by atoms with Crippen LogP contribution in [0.1, 0.15) is 38.5 Å². The second-order valence-corrected chi connectivity index (χ2v) is 10.4. The van der Waals surface area contributed by atoms with Crippen LogP contribution in [0.4, 0.5) is 30.7 Å². The molecule has 0 aromatic carbocycles. The van der Waals surface area contributed by atoms with Crippen molar-refractivity contribution in [2.45, 2.75) is 56.5 Å². The predicted octanol–water partition coefficient (Wildman–Crippen LogP) is 2.67. The Labute approximate surface area is 172 Å². The molecule has 0 aliphatic heterocycles. The van der Waals surface area contributed by atoms with E-state index in [-0.39, 0.29) is 0 Å². The first-order chi connectivity index (χ1) is 14.0. The number of alkyl halides is 7. The standard InChI is InChI=1S/C17H20F7NO5S/c18-15(19,16(20,21)17(22,23)24)12(26)25-31(28,29)2-1-30-13(27)14-6-9-3-10(7-14)5-11(4-9)8-14/h9-11H,1-8H2,(H,25,26)/p-1. The van der Waals surface area contributed by atoms with Gasteiger partial charge >= 0.3 is 24.0 Å². The Morgan fingerprint density at radius 3 is 1.84 bits per heavy atom. The summed E-state index contributed by atoms with van der Waals surface area (Å²) in [6, 6.07) is 0. The zero-order chi connectivity index (χ0) is 23.5. The summed E-state index contributed by atoms with van der Waals surface area (Å²) in [6.45, 7) is -0.902. The molecule has 178 valence electrons. The van der Waals surface area contributed by atoms with Crippen molar-refractivity contribution in [3.63, 3.8) is 0 Å². The minimum Gasteiger partial charge on any atom is -0.857 e. The molecule has 31 heavy (non-hydrogen) atoms. The summed E-state index contributed by atoms with van der Waals surface area (Å²) < 4.78 is 119. The zero-order valence-corrected chi connectivity index (χ0v) is 16.7. The molecule has 0 unspecified atom stereocenters. The third kappa shape index (κ3) is 4.36. The molecule has 14 heteroatoms. The average molecular weight is 482 g/mol. The fourth-order valence-corrected chi connectivity index (χ4v) is 6.05. The number of rotatable bonds is 7. The summed E-state index contributed by atoms with van der Waals surface area (Å²) in [5, 5.41) is 11.1. The predicted molar refractivity (Wildman–Crippen MR) is 88.7 cm³/mol. The minimum absolute atomic E-state index is 0.368. The maximum atomic E-state index is 13.2. The Morgan fingerprint density at radius 1 is 0.968 bits per heavy atom. The highest BCUT2D eigenvalue weighted by Gasteiger charge is 2.73. The SMILES string of the molecule is O=C(OCCS(=O)(=O)/N=C(\[O-])C(F)(F)C(F)(F)C(F)(F)F)C12CC3CC(CC(C3)C1)C2. The molecule has 0 amide bonds. The fourth-order valence-electron chi connectivity index (χ4n) is 5.30. The first-order valence-corrected chi connectivity index (χ1v) is 11.1. The van der Waals surface area contributed by atoms with Crippen LogP contribution in [0, 0.1) is 23.2 Å². The molecule has 0 radical (unpaired) electrons. The molecule has 4 aliphatic carbocycles. The molecule has 0 heterocycles. The normalized spacial score (nSPS) is 31.7. The summed E-state index contributed by atoms with van der Waals surface area (Å²) in [5.41, 5.74) is -0.757. The van der Waals surface area contributed by atoms with E-state index < -0.39 is 57.7 Å². The number of hydrogen-bond acceptors (Lipinski definition) is 5. The summed E-state index contributed by atoms with van der Waals surface area (Å²) in [7, 11) is -5.20. The van der Waals surface area contributed by atoms with Gasteiger partial charge < -0.3 is 9.84 Å². The number of sulfonamides is 1. The van der Waals surface area contributed by atoms with E-state index in [0.717, 1.165) is 19.3 Å². The lowest BCUT2D eigenvalue weighted by molar-refractivity contribution is -0.357. The molecule has 0 spiro atoms. The van der Waals surface area contributed by atoms with Gasteiger partial charge in [-0.1, -0.05) is 0 Å². The summed E-state index contributed by atoms with van der Waals surface area (Å²) in [6.07, 6.45) is -2.00. The summed E-state index contributed by atoms with van der Waals surface area (Å²) >= 11 is 0. The highest BCUT2D eigenvalue weighted by molar-refractivity contribution is 7.90. The molecule has 0 atom stereocenters. The van der Waals surface area contributed by atoms with Gasteiger partial charge in [-0.3, -0.25) is 4.79 Å². The Balaban J connectivity index is 1.62. The monoisotopic (exact) mass is 482 g/mol. The van der Waals surface area contributed by atoms with E-state index in [2.05, 4.69) is 0 Å². The second-order valence-electron chi connectivity index (χ2n) is 8.66. The number of nitrogens with zero attached hydrogens (tertiary/aromatic N) is 1. The molecule has 6 nitrogen and oxygen atoms in total. The maximum Gasteiger partial charge on any atom is 0.460 e. The van der Waals surface area contributed by atoms with Crippen molar-refractivity contribution >= 4 is 21.9 Å². The molecule has 4 fully saturated rings. The van der Waals surface area contributed by atoms with Crippen molar-refractivity contribution in [2.24, 2.45) is 27.6 Å². The largest absolute Gasteiger partial charge is 0.857 e. The Hall–Kier alpha value is -1.60. The topological polar surface area (TPSA) is 95.9 Å². The molecule has 4 aliphatic rings. The van der Waals surface area contributed by atoms with Crippen LogP contribution in [0.25, 0.3) is 0 Å². The van der Waals surface area contributed by atoms with E-state index >= 15 is 0 Å². The van der Waals surface area contributed by atoms with Crippen LogP contribution >= 0.6 is 0 Å². The number of hydrogen-bond donors (Lipinski definition) is 0. The minimum atomic E-state index is -6.82. The van der Waals surface area contributed by atoms with Crippen LogP contribution < -0.4 is 5.11 Å². The van der Waals surface area contributed by atoms with E-state index in [1.165, 1.54) is 0 Å². The first kappa shape index (κ1) is 24.1. The number of carbonyl (C=O) groups is 1. The van der Waals surface area contributed by atoms with Crippen LogP contribution in [0.2, 0.25) is 0 Å². The van der Waals surface area contributed by atoms with Gasteiger partial charge in [-0.2, -0.15) is 35.1 Å². The van der Waals surface area contributed by atoms with Gasteiger partial charge in [0.05, 0.1) is 11.3 Å². The molecule has 0 aromatic rings. The third-order valence-electron chi connectivity index (χ3n) is 6.29. The molecule has 0 N–H and O–H groups in total. The summed E-state index contributed by atoms with van der Waals surface area (Å²) in [4.78, 5) is 12.5. The van der Waals surface area contributed by atoms with Crippen LogP contribution in [-0.2, 0) is 19.6 Å². The van der Waals surface area contributed by atoms with Gasteiger partial charge in [0, 0.05) is 0 Å². The quantitative estimate of drug-likeness (QED) is 0.241. The number of ether oxygens (including phenoxy) is 1. The number of halogens is 7. The van der Waals surface area contributed by atoms with Gasteiger partial charge in [0.2, 0.25) is 0 Å². The Kier molecular flexibility index (Phi) is 5.80. The zero-order valence-electron chi connectivity index (χ0n) is 15.9. The van der Waals surface area contributed by atoms with Crippen LogP contribution in [0.15, 0.2) is 4.40 Å². The van der Waals surface area contributed by atoms with Crippen LogP contribution in [0.5, 0.6) is 0 Å². The van der Waals surface area contributed by atoms with Gasteiger partial charge in [-0.15, -0.1) is 0 Å². The van der Waals surface area contributed by atoms with Crippen molar-refractivity contribution in [3.05, 3.63) is 0 Å². The van der Waals surface area contributed by atoms with Gasteiger partial charge in [0.25, 0.3) is 10.0 Å². The lowest BCUT2D eigenvalue weighted by atomic mass is 9.49. The molecule has 0 saturated heterocycles. The molecule has 0 aromatic heterocycles. The van der Waals surface area contributed by atoms with E-state index in [1.54, 1.807) is 0 Å². The van der Waals surface area contributed by atoms with Crippen molar-refractivity contribution < 1.29 is 53.8 Å². The van der Waals surface area contributed by atoms with Gasteiger partial charge in [0.1, 0.15) is 12.4 Å². The number of carbonyl (C=O) groups excluding carboxylic acids is 1. The van der Waals surface area contributed by atoms with Crippen LogP contribution in [0.3, 0.4) is 0 Å². The molecule has 4 bridgehead atoms. The van der Waals surface area contributed by atoms with Crippen LogP contribution in [-0.4, -0.2) is 50.7 Å². The van der Waals surface area contributed by atoms with E-state index in [9.17, 15) is 49.1 Å². The van der Waals surface area contributed by atoms with Gasteiger partial charge in [-0.05, 0) is 56.3 Å². The van der Waals surface area contributed by atoms with Crippen molar-refractivity contribution in [2.75, 3.05) is 12.4 Å². The van der Waals surface area contributed by atoms with E-state index in [1.807, 2.05) is 4.40 Å². The lowest BCUT2D eigenvalue weighted by Gasteiger charge is -2.55. The lowest BCUT2D eigenvalue weighted by Crippen LogP contribution is -2.59. The highest BCUT2D eigenvalue weighted by atomic mass is 32.2. The Morgan fingerprint density at radius 2 is 1.42 bits per heavy atom.